The highest BCUT2D eigenvalue weighted by molar-refractivity contribution is 7.07. The number of hydrogen-bond donors (Lipinski definition) is 1. The zero-order valence-corrected chi connectivity index (χ0v) is 9.98. The van der Waals surface area contributed by atoms with Gasteiger partial charge in [-0.2, -0.15) is 11.3 Å². The van der Waals surface area contributed by atoms with Crippen molar-refractivity contribution in [2.24, 2.45) is 0 Å². The van der Waals surface area contributed by atoms with Gasteiger partial charge in [-0.15, -0.1) is 0 Å². The molecule has 0 aliphatic heterocycles. The maximum absolute atomic E-state index is 13.3. The SMILES string of the molecule is Cc1ccc(CNCc2ccsc2)cc1F. The van der Waals surface area contributed by atoms with Crippen LogP contribution in [0, 0.1) is 12.7 Å². The van der Waals surface area contributed by atoms with E-state index in [2.05, 4.69) is 22.1 Å². The van der Waals surface area contributed by atoms with E-state index in [9.17, 15) is 4.39 Å². The summed E-state index contributed by atoms with van der Waals surface area (Å²) in [5, 5.41) is 7.46. The molecule has 0 radical (unpaired) electrons. The van der Waals surface area contributed by atoms with E-state index in [1.165, 1.54) is 5.56 Å². The Balaban J connectivity index is 1.87. The molecule has 0 aliphatic carbocycles. The molecule has 0 amide bonds. The lowest BCUT2D eigenvalue weighted by molar-refractivity contribution is 0.611. The molecule has 16 heavy (non-hydrogen) atoms. The summed E-state index contributed by atoms with van der Waals surface area (Å²) in [5.41, 5.74) is 2.96. The first kappa shape index (κ1) is 11.3. The number of hydrogen-bond acceptors (Lipinski definition) is 2. The van der Waals surface area contributed by atoms with Crippen LogP contribution in [-0.2, 0) is 13.1 Å². The van der Waals surface area contributed by atoms with Crippen LogP contribution in [0.3, 0.4) is 0 Å². The zero-order chi connectivity index (χ0) is 11.4. The number of nitrogens with one attached hydrogen (secondary N) is 1. The first-order valence-electron chi connectivity index (χ1n) is 5.22. The second kappa shape index (κ2) is 5.23. The monoisotopic (exact) mass is 235 g/mol. The minimum Gasteiger partial charge on any atom is -0.309 e. The molecule has 0 saturated carbocycles. The van der Waals surface area contributed by atoms with Gasteiger partial charge in [0.1, 0.15) is 5.82 Å². The van der Waals surface area contributed by atoms with Crippen LogP contribution in [-0.4, -0.2) is 0 Å². The van der Waals surface area contributed by atoms with E-state index in [1.54, 1.807) is 24.3 Å². The third-order valence-corrected chi connectivity index (χ3v) is 3.21. The molecule has 1 nitrogen and oxygen atoms in total. The summed E-state index contributed by atoms with van der Waals surface area (Å²) in [6, 6.07) is 7.46. The van der Waals surface area contributed by atoms with Gasteiger partial charge in [-0.1, -0.05) is 12.1 Å². The van der Waals surface area contributed by atoms with Gasteiger partial charge in [0.15, 0.2) is 0 Å². The average Bonchev–Trinajstić information content (AvgIpc) is 2.76. The van der Waals surface area contributed by atoms with Gasteiger partial charge in [0.05, 0.1) is 0 Å². The lowest BCUT2D eigenvalue weighted by atomic mass is 10.1. The Labute approximate surface area is 98.9 Å². The molecule has 0 atom stereocenters. The Morgan fingerprint density at radius 1 is 1.19 bits per heavy atom. The summed E-state index contributed by atoms with van der Waals surface area (Å²) in [5.74, 6) is -0.130. The van der Waals surface area contributed by atoms with E-state index in [0.29, 0.717) is 12.1 Å². The van der Waals surface area contributed by atoms with Crippen molar-refractivity contribution in [1.29, 1.82) is 0 Å². The molecule has 0 fully saturated rings. The standard InChI is InChI=1S/C13H14FNS/c1-10-2-3-11(6-13(10)14)7-15-8-12-4-5-16-9-12/h2-6,9,15H,7-8H2,1H3. The second-order valence-electron chi connectivity index (χ2n) is 3.82. The molecule has 2 aromatic rings. The number of thiophene rings is 1. The molecule has 84 valence electrons. The van der Waals surface area contributed by atoms with Crippen molar-refractivity contribution in [2.75, 3.05) is 0 Å². The molecule has 1 heterocycles. The minimum absolute atomic E-state index is 0.130. The lowest BCUT2D eigenvalue weighted by Gasteiger charge is -2.05. The van der Waals surface area contributed by atoms with E-state index in [1.807, 2.05) is 12.1 Å². The van der Waals surface area contributed by atoms with Crippen LogP contribution in [0.1, 0.15) is 16.7 Å². The summed E-state index contributed by atoms with van der Waals surface area (Å²) in [4.78, 5) is 0. The topological polar surface area (TPSA) is 12.0 Å². The van der Waals surface area contributed by atoms with E-state index in [0.717, 1.165) is 12.1 Å². The van der Waals surface area contributed by atoms with Gasteiger partial charge < -0.3 is 5.32 Å². The molecule has 2 rings (SSSR count). The first-order valence-corrected chi connectivity index (χ1v) is 6.17. The predicted molar refractivity (Wildman–Crippen MR) is 66.0 cm³/mol. The molecule has 0 spiro atoms. The third kappa shape index (κ3) is 2.90. The van der Waals surface area contributed by atoms with Gasteiger partial charge in [-0.25, -0.2) is 4.39 Å². The van der Waals surface area contributed by atoms with Crippen molar-refractivity contribution in [2.45, 2.75) is 20.0 Å². The lowest BCUT2D eigenvalue weighted by Crippen LogP contribution is -2.12. The van der Waals surface area contributed by atoms with E-state index in [-0.39, 0.29) is 5.82 Å². The smallest absolute Gasteiger partial charge is 0.126 e. The van der Waals surface area contributed by atoms with Gasteiger partial charge in [0.25, 0.3) is 0 Å². The predicted octanol–water partition coefficient (Wildman–Crippen LogP) is 3.49. The summed E-state index contributed by atoms with van der Waals surface area (Å²) >= 11 is 1.69. The van der Waals surface area contributed by atoms with Crippen molar-refractivity contribution in [1.82, 2.24) is 5.32 Å². The van der Waals surface area contributed by atoms with E-state index in [4.69, 9.17) is 0 Å². The van der Waals surface area contributed by atoms with Crippen LogP contribution in [0.4, 0.5) is 4.39 Å². The third-order valence-electron chi connectivity index (χ3n) is 2.47. The summed E-state index contributed by atoms with van der Waals surface area (Å²) in [6.45, 7) is 3.31. The van der Waals surface area contributed by atoms with Gasteiger partial charge in [0.2, 0.25) is 0 Å². The molecule has 1 aromatic heterocycles. The molecule has 0 bridgehead atoms. The maximum atomic E-state index is 13.3. The largest absolute Gasteiger partial charge is 0.309 e. The highest BCUT2D eigenvalue weighted by Crippen LogP contribution is 2.10. The molecule has 1 N–H and O–H groups in total. The highest BCUT2D eigenvalue weighted by atomic mass is 32.1. The molecule has 0 unspecified atom stereocenters. The highest BCUT2D eigenvalue weighted by Gasteiger charge is 1.99. The van der Waals surface area contributed by atoms with Crippen molar-refractivity contribution < 1.29 is 4.39 Å². The number of aryl methyl sites for hydroxylation is 1. The normalized spacial score (nSPS) is 10.6. The minimum atomic E-state index is -0.130. The van der Waals surface area contributed by atoms with Gasteiger partial charge in [-0.3, -0.25) is 0 Å². The van der Waals surface area contributed by atoms with Crippen molar-refractivity contribution in [3.8, 4) is 0 Å². The van der Waals surface area contributed by atoms with Crippen molar-refractivity contribution >= 4 is 11.3 Å². The van der Waals surface area contributed by atoms with Crippen LogP contribution in [0.5, 0.6) is 0 Å². The number of halogens is 1. The summed E-state index contributed by atoms with van der Waals surface area (Å²) < 4.78 is 13.3. The average molecular weight is 235 g/mol. The molecule has 0 saturated heterocycles. The fraction of sp³-hybridized carbons (Fsp3) is 0.231. The molecule has 1 aromatic carbocycles. The Hall–Kier alpha value is -1.19. The molecular formula is C13H14FNS. The quantitative estimate of drug-likeness (QED) is 0.855. The zero-order valence-electron chi connectivity index (χ0n) is 9.16. The van der Waals surface area contributed by atoms with Crippen LogP contribution >= 0.6 is 11.3 Å². The molecular weight excluding hydrogens is 221 g/mol. The Morgan fingerprint density at radius 2 is 2.00 bits per heavy atom. The fourth-order valence-corrected chi connectivity index (χ4v) is 2.16. The number of benzene rings is 1. The Morgan fingerprint density at radius 3 is 2.69 bits per heavy atom. The van der Waals surface area contributed by atoms with Crippen LogP contribution in [0.15, 0.2) is 35.0 Å². The van der Waals surface area contributed by atoms with Gasteiger partial charge in [-0.05, 0) is 46.5 Å². The second-order valence-corrected chi connectivity index (χ2v) is 4.60. The summed E-state index contributed by atoms with van der Waals surface area (Å²) in [6.07, 6.45) is 0. The molecule has 3 heteroatoms. The van der Waals surface area contributed by atoms with Crippen LogP contribution in [0.2, 0.25) is 0 Å². The Bertz CT molecular complexity index is 451. The van der Waals surface area contributed by atoms with Gasteiger partial charge >= 0.3 is 0 Å². The van der Waals surface area contributed by atoms with Crippen molar-refractivity contribution in [3.05, 3.63) is 57.5 Å². The van der Waals surface area contributed by atoms with E-state index < -0.39 is 0 Å². The van der Waals surface area contributed by atoms with Crippen LogP contribution < -0.4 is 5.32 Å². The van der Waals surface area contributed by atoms with Crippen molar-refractivity contribution in [3.63, 3.8) is 0 Å². The van der Waals surface area contributed by atoms with Crippen LogP contribution in [0.25, 0.3) is 0 Å². The number of rotatable bonds is 4. The molecule has 0 aliphatic rings. The van der Waals surface area contributed by atoms with E-state index >= 15 is 0 Å². The van der Waals surface area contributed by atoms with Gasteiger partial charge in [0, 0.05) is 13.1 Å². The first-order chi connectivity index (χ1) is 7.75. The fourth-order valence-electron chi connectivity index (χ4n) is 1.49. The summed E-state index contributed by atoms with van der Waals surface area (Å²) in [7, 11) is 0. The Kier molecular flexibility index (Phi) is 3.70. The maximum Gasteiger partial charge on any atom is 0.126 e.